The Kier molecular flexibility index (Phi) is 4.84. The van der Waals surface area contributed by atoms with Crippen LogP contribution in [-0.4, -0.2) is 39.8 Å². The number of Topliss-reactive ketones (excluding diaryl/α,β-unsaturated/α-hetero) is 1. The fourth-order valence-corrected chi connectivity index (χ4v) is 2.39. The molecule has 0 radical (unpaired) electrons. The van der Waals surface area contributed by atoms with E-state index < -0.39 is 0 Å². The van der Waals surface area contributed by atoms with Gasteiger partial charge >= 0.3 is 0 Å². The molecular formula is C19H22N2O2. The zero-order chi connectivity index (χ0) is 17.1. The normalized spacial score (nSPS) is 10.3. The minimum atomic E-state index is -0.136. The van der Waals surface area contributed by atoms with Crippen molar-refractivity contribution in [3.63, 3.8) is 0 Å². The smallest absolute Gasteiger partial charge is 0.193 e. The highest BCUT2D eigenvalue weighted by Crippen LogP contribution is 2.23. The molecule has 0 aliphatic rings. The standard InChI is InChI=1S/C19H22N2O2/c1-13(22)17-10-9-16(21(4)5)12-18(17)19(23)14-7-6-8-15(11-14)20(2)3/h6-12H,1-5H3. The molecule has 2 aromatic rings. The van der Waals surface area contributed by atoms with Crippen molar-refractivity contribution in [2.75, 3.05) is 38.0 Å². The molecule has 2 rings (SSSR count). The number of ketones is 2. The van der Waals surface area contributed by atoms with E-state index in [4.69, 9.17) is 0 Å². The molecule has 0 aliphatic carbocycles. The highest BCUT2D eigenvalue weighted by Gasteiger charge is 2.18. The Hall–Kier alpha value is -2.62. The minimum Gasteiger partial charge on any atom is -0.378 e. The van der Waals surface area contributed by atoms with E-state index in [1.54, 1.807) is 18.2 Å². The molecule has 0 heterocycles. The van der Waals surface area contributed by atoms with Crippen LogP contribution in [0.3, 0.4) is 0 Å². The Morgan fingerprint density at radius 1 is 0.783 bits per heavy atom. The van der Waals surface area contributed by atoms with Crippen LogP contribution in [-0.2, 0) is 0 Å². The zero-order valence-corrected chi connectivity index (χ0v) is 14.3. The summed E-state index contributed by atoms with van der Waals surface area (Å²) >= 11 is 0. The van der Waals surface area contributed by atoms with Gasteiger partial charge in [0.1, 0.15) is 0 Å². The number of rotatable bonds is 5. The van der Waals surface area contributed by atoms with Gasteiger partial charge in [0, 0.05) is 56.3 Å². The molecule has 0 unspecified atom stereocenters. The average molecular weight is 310 g/mol. The van der Waals surface area contributed by atoms with E-state index in [0.717, 1.165) is 11.4 Å². The summed E-state index contributed by atoms with van der Waals surface area (Å²) in [6.07, 6.45) is 0. The second kappa shape index (κ2) is 6.65. The van der Waals surface area contributed by atoms with Crippen molar-refractivity contribution in [2.24, 2.45) is 0 Å². The molecule has 4 nitrogen and oxygen atoms in total. The molecule has 0 saturated carbocycles. The van der Waals surface area contributed by atoms with Gasteiger partial charge < -0.3 is 9.80 Å². The number of carbonyl (C=O) groups excluding carboxylic acids is 2. The first-order valence-electron chi connectivity index (χ1n) is 7.45. The van der Waals surface area contributed by atoms with Crippen molar-refractivity contribution in [1.82, 2.24) is 0 Å². The number of nitrogens with zero attached hydrogens (tertiary/aromatic N) is 2. The second-order valence-corrected chi connectivity index (χ2v) is 5.95. The van der Waals surface area contributed by atoms with Crippen LogP contribution >= 0.6 is 0 Å². The van der Waals surface area contributed by atoms with Crippen molar-refractivity contribution in [2.45, 2.75) is 6.92 Å². The van der Waals surface area contributed by atoms with Crippen molar-refractivity contribution < 1.29 is 9.59 Å². The molecule has 4 heteroatoms. The van der Waals surface area contributed by atoms with Crippen LogP contribution in [0, 0.1) is 0 Å². The van der Waals surface area contributed by atoms with E-state index in [0.29, 0.717) is 16.7 Å². The van der Waals surface area contributed by atoms with E-state index in [9.17, 15) is 9.59 Å². The zero-order valence-electron chi connectivity index (χ0n) is 14.3. The highest BCUT2D eigenvalue weighted by atomic mass is 16.1. The summed E-state index contributed by atoms with van der Waals surface area (Å²) in [7, 11) is 7.67. The molecular weight excluding hydrogens is 288 g/mol. The van der Waals surface area contributed by atoms with Gasteiger partial charge in [-0.15, -0.1) is 0 Å². The third-order valence-corrected chi connectivity index (χ3v) is 3.77. The van der Waals surface area contributed by atoms with Crippen molar-refractivity contribution in [1.29, 1.82) is 0 Å². The summed E-state index contributed by atoms with van der Waals surface area (Å²) in [5, 5.41) is 0. The molecule has 23 heavy (non-hydrogen) atoms. The fourth-order valence-electron chi connectivity index (χ4n) is 2.39. The van der Waals surface area contributed by atoms with Gasteiger partial charge in [-0.3, -0.25) is 9.59 Å². The predicted octanol–water partition coefficient (Wildman–Crippen LogP) is 3.25. The van der Waals surface area contributed by atoms with Gasteiger partial charge in [-0.25, -0.2) is 0 Å². The number of hydrogen-bond donors (Lipinski definition) is 0. The van der Waals surface area contributed by atoms with Crippen molar-refractivity contribution >= 4 is 22.9 Å². The summed E-state index contributed by atoms with van der Waals surface area (Å²) in [6, 6.07) is 12.8. The molecule has 0 amide bonds. The highest BCUT2D eigenvalue weighted by molar-refractivity contribution is 6.16. The Balaban J connectivity index is 2.55. The van der Waals surface area contributed by atoms with Gasteiger partial charge in [0.2, 0.25) is 0 Å². The van der Waals surface area contributed by atoms with Crippen LogP contribution < -0.4 is 9.80 Å². The molecule has 0 atom stereocenters. The Morgan fingerprint density at radius 2 is 1.39 bits per heavy atom. The molecule has 0 bridgehead atoms. The molecule has 0 spiro atoms. The Morgan fingerprint density at radius 3 is 1.96 bits per heavy atom. The summed E-state index contributed by atoms with van der Waals surface area (Å²) in [5.41, 5.74) is 3.32. The molecule has 2 aromatic carbocycles. The van der Waals surface area contributed by atoms with E-state index in [1.807, 2.05) is 62.3 Å². The summed E-state index contributed by atoms with van der Waals surface area (Å²) in [5.74, 6) is -0.245. The molecule has 0 fully saturated rings. The SMILES string of the molecule is CC(=O)c1ccc(N(C)C)cc1C(=O)c1cccc(N(C)C)c1. The second-order valence-electron chi connectivity index (χ2n) is 5.95. The van der Waals surface area contributed by atoms with Gasteiger partial charge in [-0.05, 0) is 37.3 Å². The van der Waals surface area contributed by atoms with Crippen LogP contribution in [0.15, 0.2) is 42.5 Å². The van der Waals surface area contributed by atoms with Crippen LogP contribution in [0.5, 0.6) is 0 Å². The van der Waals surface area contributed by atoms with Crippen LogP contribution in [0.4, 0.5) is 11.4 Å². The van der Waals surface area contributed by atoms with Gasteiger partial charge in [-0.2, -0.15) is 0 Å². The Bertz CT molecular complexity index is 749. The number of carbonyl (C=O) groups is 2. The lowest BCUT2D eigenvalue weighted by molar-refractivity contribution is 0.0990. The monoisotopic (exact) mass is 310 g/mol. The number of hydrogen-bond acceptors (Lipinski definition) is 4. The maximum atomic E-state index is 12.9. The van der Waals surface area contributed by atoms with E-state index >= 15 is 0 Å². The van der Waals surface area contributed by atoms with E-state index in [-0.39, 0.29) is 11.6 Å². The first-order chi connectivity index (χ1) is 10.8. The molecule has 0 N–H and O–H groups in total. The van der Waals surface area contributed by atoms with E-state index in [1.165, 1.54) is 6.92 Å². The maximum Gasteiger partial charge on any atom is 0.193 e. The lowest BCUT2D eigenvalue weighted by Crippen LogP contribution is -2.14. The first-order valence-corrected chi connectivity index (χ1v) is 7.45. The fraction of sp³-hybridized carbons (Fsp3) is 0.263. The third kappa shape index (κ3) is 3.59. The van der Waals surface area contributed by atoms with Crippen LogP contribution in [0.2, 0.25) is 0 Å². The minimum absolute atomic E-state index is 0.109. The summed E-state index contributed by atoms with van der Waals surface area (Å²) in [6.45, 7) is 1.48. The Labute approximate surface area is 137 Å². The van der Waals surface area contributed by atoms with Crippen LogP contribution in [0.1, 0.15) is 33.2 Å². The average Bonchev–Trinajstić information content (AvgIpc) is 2.53. The lowest BCUT2D eigenvalue weighted by atomic mass is 9.95. The van der Waals surface area contributed by atoms with E-state index in [2.05, 4.69) is 0 Å². The summed E-state index contributed by atoms with van der Waals surface area (Å²) < 4.78 is 0. The summed E-state index contributed by atoms with van der Waals surface area (Å²) in [4.78, 5) is 28.7. The van der Waals surface area contributed by atoms with Gasteiger partial charge in [0.15, 0.2) is 11.6 Å². The third-order valence-electron chi connectivity index (χ3n) is 3.77. The lowest BCUT2D eigenvalue weighted by Gasteiger charge is -2.16. The number of anilines is 2. The molecule has 0 saturated heterocycles. The quantitative estimate of drug-likeness (QED) is 0.795. The topological polar surface area (TPSA) is 40.6 Å². The first kappa shape index (κ1) is 16.7. The van der Waals surface area contributed by atoms with Crippen molar-refractivity contribution in [3.8, 4) is 0 Å². The largest absolute Gasteiger partial charge is 0.378 e. The predicted molar refractivity (Wildman–Crippen MR) is 95.0 cm³/mol. The molecule has 0 aliphatic heterocycles. The van der Waals surface area contributed by atoms with Gasteiger partial charge in [-0.1, -0.05) is 12.1 Å². The molecule has 120 valence electrons. The van der Waals surface area contributed by atoms with Crippen molar-refractivity contribution in [3.05, 3.63) is 59.2 Å². The number of benzene rings is 2. The van der Waals surface area contributed by atoms with Crippen LogP contribution in [0.25, 0.3) is 0 Å². The maximum absolute atomic E-state index is 12.9. The van der Waals surface area contributed by atoms with Gasteiger partial charge in [0.25, 0.3) is 0 Å². The molecule has 0 aromatic heterocycles. The van der Waals surface area contributed by atoms with Gasteiger partial charge in [0.05, 0.1) is 0 Å².